The highest BCUT2D eigenvalue weighted by molar-refractivity contribution is 5.88. The number of urea groups is 1. The van der Waals surface area contributed by atoms with E-state index < -0.39 is 6.03 Å². The van der Waals surface area contributed by atoms with Gasteiger partial charge in [-0.2, -0.15) is 5.10 Å². The molecule has 5 heteroatoms. The zero-order valence-corrected chi connectivity index (χ0v) is 6.46. The molecule has 0 radical (unpaired) electrons. The van der Waals surface area contributed by atoms with Gasteiger partial charge in [0.15, 0.2) is 0 Å². The van der Waals surface area contributed by atoms with Crippen molar-refractivity contribution in [1.82, 2.24) is 9.78 Å². The van der Waals surface area contributed by atoms with Gasteiger partial charge >= 0.3 is 6.03 Å². The van der Waals surface area contributed by atoms with Crippen molar-refractivity contribution in [2.75, 3.05) is 5.32 Å². The van der Waals surface area contributed by atoms with Gasteiger partial charge in [0.05, 0.1) is 11.4 Å². The van der Waals surface area contributed by atoms with E-state index in [1.165, 1.54) is 0 Å². The Kier molecular flexibility index (Phi) is 1.80. The summed E-state index contributed by atoms with van der Waals surface area (Å²) in [4.78, 5) is 10.4. The molecule has 11 heavy (non-hydrogen) atoms. The van der Waals surface area contributed by atoms with Gasteiger partial charge < -0.3 is 11.1 Å². The van der Waals surface area contributed by atoms with Crippen molar-refractivity contribution in [2.45, 2.75) is 6.92 Å². The second kappa shape index (κ2) is 2.61. The number of aryl methyl sites for hydroxylation is 2. The molecule has 0 unspecified atom stereocenters. The van der Waals surface area contributed by atoms with Crippen LogP contribution in [0.1, 0.15) is 5.69 Å². The fraction of sp³-hybridized carbons (Fsp3) is 0.333. The highest BCUT2D eigenvalue weighted by atomic mass is 16.2. The van der Waals surface area contributed by atoms with E-state index >= 15 is 0 Å². The predicted octanol–water partition coefficient (Wildman–Crippen LogP) is 0.219. The van der Waals surface area contributed by atoms with Crippen LogP contribution in [0.3, 0.4) is 0 Å². The lowest BCUT2D eigenvalue weighted by molar-refractivity contribution is 0.259. The van der Waals surface area contributed by atoms with Crippen LogP contribution in [-0.2, 0) is 7.05 Å². The molecule has 0 atom stereocenters. The van der Waals surface area contributed by atoms with Gasteiger partial charge in [-0.15, -0.1) is 0 Å². The van der Waals surface area contributed by atoms with E-state index in [0.29, 0.717) is 5.69 Å². The molecule has 1 aromatic heterocycles. The van der Waals surface area contributed by atoms with Crippen molar-refractivity contribution in [1.29, 1.82) is 0 Å². The lowest BCUT2D eigenvalue weighted by atomic mass is 10.4. The summed E-state index contributed by atoms with van der Waals surface area (Å²) in [5.74, 6) is 0. The first-order valence-corrected chi connectivity index (χ1v) is 3.16. The summed E-state index contributed by atoms with van der Waals surface area (Å²) in [5.41, 5.74) is 6.32. The molecule has 0 aliphatic rings. The fourth-order valence-corrected chi connectivity index (χ4v) is 0.855. The second-order valence-electron chi connectivity index (χ2n) is 2.29. The number of nitrogens with two attached hydrogens (primary N) is 1. The summed E-state index contributed by atoms with van der Waals surface area (Å²) in [6.45, 7) is 1.80. The fourth-order valence-electron chi connectivity index (χ4n) is 0.855. The normalized spacial score (nSPS) is 9.64. The lowest BCUT2D eigenvalue weighted by Gasteiger charge is -1.95. The van der Waals surface area contributed by atoms with E-state index in [2.05, 4.69) is 10.4 Å². The third-order valence-electron chi connectivity index (χ3n) is 1.27. The highest BCUT2D eigenvalue weighted by Crippen LogP contribution is 2.09. The lowest BCUT2D eigenvalue weighted by Crippen LogP contribution is -2.19. The number of rotatable bonds is 1. The SMILES string of the molecule is Cc1nn(C)cc1NC(N)=O. The van der Waals surface area contributed by atoms with Crippen molar-refractivity contribution in [3.63, 3.8) is 0 Å². The Morgan fingerprint density at radius 2 is 2.45 bits per heavy atom. The Labute approximate surface area is 64.2 Å². The predicted molar refractivity (Wildman–Crippen MR) is 41.2 cm³/mol. The average molecular weight is 154 g/mol. The summed E-state index contributed by atoms with van der Waals surface area (Å²) >= 11 is 0. The number of hydrogen-bond acceptors (Lipinski definition) is 2. The average Bonchev–Trinajstić information content (AvgIpc) is 2.09. The summed E-state index contributed by atoms with van der Waals surface area (Å²) in [7, 11) is 1.78. The summed E-state index contributed by atoms with van der Waals surface area (Å²) < 4.78 is 1.61. The topological polar surface area (TPSA) is 72.9 Å². The van der Waals surface area contributed by atoms with E-state index in [4.69, 9.17) is 5.73 Å². The molecular formula is C6H10N4O. The molecule has 1 rings (SSSR count). The Bertz CT molecular complexity index is 278. The Morgan fingerprint density at radius 3 is 2.82 bits per heavy atom. The first-order valence-electron chi connectivity index (χ1n) is 3.16. The number of carbonyl (C=O) groups is 1. The zero-order valence-electron chi connectivity index (χ0n) is 6.46. The van der Waals surface area contributed by atoms with Crippen LogP contribution in [0.5, 0.6) is 0 Å². The van der Waals surface area contributed by atoms with E-state index in [1.807, 2.05) is 0 Å². The smallest absolute Gasteiger partial charge is 0.316 e. The number of aromatic nitrogens is 2. The maximum atomic E-state index is 10.4. The molecular weight excluding hydrogens is 144 g/mol. The molecule has 0 aliphatic heterocycles. The van der Waals surface area contributed by atoms with Gasteiger partial charge in [-0.3, -0.25) is 4.68 Å². The molecule has 0 bridgehead atoms. The van der Waals surface area contributed by atoms with Crippen molar-refractivity contribution in [2.24, 2.45) is 12.8 Å². The number of hydrogen-bond donors (Lipinski definition) is 2. The van der Waals surface area contributed by atoms with Crippen molar-refractivity contribution in [3.05, 3.63) is 11.9 Å². The molecule has 1 aromatic rings. The molecule has 5 nitrogen and oxygen atoms in total. The number of primary amides is 1. The standard InChI is InChI=1S/C6H10N4O/c1-4-5(8-6(7)11)3-10(2)9-4/h3H,1-2H3,(H3,7,8,11). The van der Waals surface area contributed by atoms with E-state index in [0.717, 1.165) is 5.69 Å². The number of amides is 2. The quantitative estimate of drug-likeness (QED) is 0.607. The van der Waals surface area contributed by atoms with Gasteiger partial charge in [-0.1, -0.05) is 0 Å². The molecule has 60 valence electrons. The maximum Gasteiger partial charge on any atom is 0.316 e. The summed E-state index contributed by atoms with van der Waals surface area (Å²) in [6.07, 6.45) is 1.69. The first-order chi connectivity index (χ1) is 5.09. The van der Waals surface area contributed by atoms with Crippen LogP contribution in [0.15, 0.2) is 6.20 Å². The van der Waals surface area contributed by atoms with Crippen LogP contribution in [0.2, 0.25) is 0 Å². The van der Waals surface area contributed by atoms with Crippen LogP contribution in [0.25, 0.3) is 0 Å². The molecule has 2 amide bonds. The van der Waals surface area contributed by atoms with Crippen LogP contribution >= 0.6 is 0 Å². The van der Waals surface area contributed by atoms with Gasteiger partial charge in [0, 0.05) is 13.2 Å². The monoisotopic (exact) mass is 154 g/mol. The number of nitrogens with zero attached hydrogens (tertiary/aromatic N) is 2. The van der Waals surface area contributed by atoms with Gasteiger partial charge in [-0.05, 0) is 6.92 Å². The third-order valence-corrected chi connectivity index (χ3v) is 1.27. The Balaban J connectivity index is 2.85. The highest BCUT2D eigenvalue weighted by Gasteiger charge is 2.03. The minimum absolute atomic E-state index is 0.568. The zero-order chi connectivity index (χ0) is 8.43. The van der Waals surface area contributed by atoms with Crippen molar-refractivity contribution in [3.8, 4) is 0 Å². The van der Waals surface area contributed by atoms with Crippen LogP contribution in [-0.4, -0.2) is 15.8 Å². The minimum atomic E-state index is -0.568. The van der Waals surface area contributed by atoms with Crippen molar-refractivity contribution >= 4 is 11.7 Å². The summed E-state index contributed by atoms with van der Waals surface area (Å²) in [6, 6.07) is -0.568. The molecule has 3 N–H and O–H groups in total. The molecule has 1 heterocycles. The molecule has 0 aliphatic carbocycles. The van der Waals surface area contributed by atoms with Crippen LogP contribution in [0, 0.1) is 6.92 Å². The van der Waals surface area contributed by atoms with E-state index in [-0.39, 0.29) is 0 Å². The minimum Gasteiger partial charge on any atom is -0.351 e. The molecule has 0 saturated carbocycles. The largest absolute Gasteiger partial charge is 0.351 e. The van der Waals surface area contributed by atoms with E-state index in [1.54, 1.807) is 24.9 Å². The van der Waals surface area contributed by atoms with Crippen molar-refractivity contribution < 1.29 is 4.79 Å². The van der Waals surface area contributed by atoms with Gasteiger partial charge in [-0.25, -0.2) is 4.79 Å². The first kappa shape index (κ1) is 7.59. The second-order valence-corrected chi connectivity index (χ2v) is 2.29. The molecule has 0 saturated heterocycles. The van der Waals surface area contributed by atoms with Gasteiger partial charge in [0.25, 0.3) is 0 Å². The third kappa shape index (κ3) is 1.70. The number of carbonyl (C=O) groups excluding carboxylic acids is 1. The van der Waals surface area contributed by atoms with Crippen LogP contribution in [0.4, 0.5) is 10.5 Å². The Hall–Kier alpha value is -1.52. The van der Waals surface area contributed by atoms with Crippen LogP contribution < -0.4 is 11.1 Å². The molecule has 0 spiro atoms. The number of nitrogens with one attached hydrogen (secondary N) is 1. The summed E-state index contributed by atoms with van der Waals surface area (Å²) in [5, 5.41) is 6.46. The molecule has 0 fully saturated rings. The Morgan fingerprint density at radius 1 is 1.82 bits per heavy atom. The number of anilines is 1. The van der Waals surface area contributed by atoms with E-state index in [9.17, 15) is 4.79 Å². The maximum absolute atomic E-state index is 10.4. The van der Waals surface area contributed by atoms with Gasteiger partial charge in [0.2, 0.25) is 0 Å². The molecule has 0 aromatic carbocycles. The van der Waals surface area contributed by atoms with Gasteiger partial charge in [0.1, 0.15) is 0 Å².